The van der Waals surface area contributed by atoms with Gasteiger partial charge in [0.1, 0.15) is 0 Å². The lowest BCUT2D eigenvalue weighted by molar-refractivity contribution is -0.118. The van der Waals surface area contributed by atoms with E-state index in [-0.39, 0.29) is 17.2 Å². The maximum Gasteiger partial charge on any atom is 0.332 e. The average Bonchev–Trinajstić information content (AvgIpc) is 2.69. The molecule has 0 aromatic heterocycles. The number of hydrazone groups is 1. The number of allylic oxidation sites excluding steroid dienone is 2. The Labute approximate surface area is 176 Å². The van der Waals surface area contributed by atoms with Gasteiger partial charge < -0.3 is 20.1 Å². The Morgan fingerprint density at radius 1 is 1.23 bits per heavy atom. The maximum atomic E-state index is 13.1. The van der Waals surface area contributed by atoms with Gasteiger partial charge in [-0.3, -0.25) is 4.79 Å². The summed E-state index contributed by atoms with van der Waals surface area (Å²) in [5.74, 6) is 1.45. The minimum atomic E-state index is -0.744. The van der Waals surface area contributed by atoms with Gasteiger partial charge in [0.05, 0.1) is 31.5 Å². The van der Waals surface area contributed by atoms with Crippen molar-refractivity contribution < 1.29 is 19.1 Å². The number of primary amides is 1. The molecule has 0 saturated heterocycles. The van der Waals surface area contributed by atoms with E-state index in [4.69, 9.17) is 15.2 Å². The van der Waals surface area contributed by atoms with Crippen LogP contribution in [0.5, 0.6) is 11.5 Å². The molecule has 1 aromatic rings. The summed E-state index contributed by atoms with van der Waals surface area (Å²) in [7, 11) is 3.26. The van der Waals surface area contributed by atoms with Crippen LogP contribution in [0.25, 0.3) is 0 Å². The van der Waals surface area contributed by atoms with Crippen molar-refractivity contribution in [3.63, 3.8) is 0 Å². The number of nitrogens with zero attached hydrogens (tertiary/aromatic N) is 2. The maximum absolute atomic E-state index is 13.1. The van der Waals surface area contributed by atoms with Crippen molar-refractivity contribution >= 4 is 17.5 Å². The summed E-state index contributed by atoms with van der Waals surface area (Å²) in [4.78, 5) is 26.7. The molecule has 2 heterocycles. The number of ether oxygens (including phenoxy) is 2. The second-order valence-electron chi connectivity index (χ2n) is 8.87. The van der Waals surface area contributed by atoms with Gasteiger partial charge in [-0.1, -0.05) is 13.8 Å². The summed E-state index contributed by atoms with van der Waals surface area (Å²) in [6.07, 6.45) is 2.60. The highest BCUT2D eigenvalue weighted by Gasteiger charge is 2.44. The van der Waals surface area contributed by atoms with E-state index in [9.17, 15) is 9.59 Å². The van der Waals surface area contributed by atoms with Crippen LogP contribution in [0.15, 0.2) is 28.5 Å². The van der Waals surface area contributed by atoms with E-state index < -0.39 is 6.03 Å². The highest BCUT2D eigenvalue weighted by Crippen LogP contribution is 2.49. The molecule has 1 atom stereocenters. The first-order valence-corrected chi connectivity index (χ1v) is 10.1. The fourth-order valence-electron chi connectivity index (χ4n) is 4.94. The van der Waals surface area contributed by atoms with E-state index in [0.29, 0.717) is 35.6 Å². The monoisotopic (exact) mass is 412 g/mol. The number of nitrogens with one attached hydrogen (secondary N) is 1. The second kappa shape index (κ2) is 7.34. The van der Waals surface area contributed by atoms with Gasteiger partial charge in [0.15, 0.2) is 17.3 Å². The van der Waals surface area contributed by atoms with Gasteiger partial charge >= 0.3 is 6.03 Å². The number of hydrogen-bond donors (Lipinski definition) is 2. The number of nitrogens with two attached hydrogens (primary N) is 1. The Morgan fingerprint density at radius 2 is 1.93 bits per heavy atom. The second-order valence-corrected chi connectivity index (χ2v) is 8.87. The van der Waals surface area contributed by atoms with Crippen LogP contribution < -0.4 is 20.6 Å². The van der Waals surface area contributed by atoms with Gasteiger partial charge in [-0.15, -0.1) is 0 Å². The van der Waals surface area contributed by atoms with Crippen molar-refractivity contribution in [2.24, 2.45) is 16.3 Å². The van der Waals surface area contributed by atoms with Crippen molar-refractivity contribution in [2.45, 2.75) is 45.6 Å². The molecule has 3 aliphatic rings. The molecular formula is C22H28N4O4. The van der Waals surface area contributed by atoms with Crippen LogP contribution in [0.4, 0.5) is 4.79 Å². The third-order valence-electron chi connectivity index (χ3n) is 6.18. The summed E-state index contributed by atoms with van der Waals surface area (Å²) < 4.78 is 11.0. The van der Waals surface area contributed by atoms with Crippen LogP contribution in [-0.4, -0.2) is 43.2 Å². The van der Waals surface area contributed by atoms with Crippen LogP contribution in [0, 0.1) is 5.41 Å². The smallest absolute Gasteiger partial charge is 0.332 e. The number of rotatable bonds is 3. The van der Waals surface area contributed by atoms with Crippen molar-refractivity contribution in [3.8, 4) is 11.5 Å². The van der Waals surface area contributed by atoms with E-state index in [1.165, 1.54) is 5.56 Å². The van der Waals surface area contributed by atoms with Crippen LogP contribution in [-0.2, 0) is 11.2 Å². The lowest BCUT2D eigenvalue weighted by Crippen LogP contribution is -2.46. The van der Waals surface area contributed by atoms with Crippen LogP contribution in [0.2, 0.25) is 0 Å². The number of hydrogen-bond acceptors (Lipinski definition) is 6. The van der Waals surface area contributed by atoms with E-state index in [2.05, 4.69) is 29.3 Å². The zero-order valence-electron chi connectivity index (χ0n) is 17.9. The van der Waals surface area contributed by atoms with Gasteiger partial charge in [0.25, 0.3) is 0 Å². The SMILES string of the molecule is COc1cc2c(cc1OC)C1C/C(=N\NC(N)=O)C3=C(CC(C)(C)CC3=O)N1CC2. The molecule has 0 saturated carbocycles. The van der Waals surface area contributed by atoms with Gasteiger partial charge in [0.2, 0.25) is 0 Å². The Morgan fingerprint density at radius 3 is 2.60 bits per heavy atom. The summed E-state index contributed by atoms with van der Waals surface area (Å²) in [6, 6.07) is 3.31. The van der Waals surface area contributed by atoms with E-state index in [0.717, 1.165) is 30.6 Å². The molecule has 1 aromatic carbocycles. The van der Waals surface area contributed by atoms with Crippen LogP contribution in [0.3, 0.4) is 0 Å². The Bertz CT molecular complexity index is 980. The van der Waals surface area contributed by atoms with Crippen molar-refractivity contribution in [3.05, 3.63) is 34.5 Å². The Hall–Kier alpha value is -3.03. The van der Waals surface area contributed by atoms with Crippen LogP contribution >= 0.6 is 0 Å². The molecule has 160 valence electrons. The Balaban J connectivity index is 1.85. The molecule has 0 radical (unpaired) electrons. The van der Waals surface area contributed by atoms with Gasteiger partial charge in [-0.25, -0.2) is 10.2 Å². The molecule has 1 unspecified atom stereocenters. The highest BCUT2D eigenvalue weighted by atomic mass is 16.5. The molecule has 0 bridgehead atoms. The number of methoxy groups -OCH3 is 2. The highest BCUT2D eigenvalue weighted by molar-refractivity contribution is 6.24. The molecule has 1 aliphatic carbocycles. The van der Waals surface area contributed by atoms with Gasteiger partial charge in [-0.05, 0) is 41.5 Å². The first-order chi connectivity index (χ1) is 14.2. The van der Waals surface area contributed by atoms with Crippen molar-refractivity contribution in [2.75, 3.05) is 20.8 Å². The summed E-state index contributed by atoms with van der Waals surface area (Å²) in [5.41, 5.74) is 12.0. The number of fused-ring (bicyclic) bond motifs is 4. The first-order valence-electron chi connectivity index (χ1n) is 10.1. The summed E-state index contributed by atoms with van der Waals surface area (Å²) >= 11 is 0. The van der Waals surface area contributed by atoms with Gasteiger partial charge in [-0.2, -0.15) is 5.10 Å². The van der Waals surface area contributed by atoms with Crippen LogP contribution in [0.1, 0.15) is 50.3 Å². The third kappa shape index (κ3) is 3.40. The Kier molecular flexibility index (Phi) is 4.95. The summed E-state index contributed by atoms with van der Waals surface area (Å²) in [5, 5.41) is 4.24. The molecule has 3 N–H and O–H groups in total. The first kappa shape index (κ1) is 20.3. The average molecular weight is 412 g/mol. The topological polar surface area (TPSA) is 106 Å². The minimum Gasteiger partial charge on any atom is -0.493 e. The number of Topliss-reactive ketones (excluding diaryl/α,β-unsaturated/α-hetero) is 1. The molecule has 8 nitrogen and oxygen atoms in total. The number of benzene rings is 1. The van der Waals surface area contributed by atoms with E-state index >= 15 is 0 Å². The lowest BCUT2D eigenvalue weighted by Gasteiger charge is -2.48. The zero-order chi connectivity index (χ0) is 21.6. The quantitative estimate of drug-likeness (QED) is 0.743. The number of amides is 2. The number of carbonyl (C=O) groups is 2. The van der Waals surface area contributed by atoms with E-state index in [1.807, 2.05) is 12.1 Å². The zero-order valence-corrected chi connectivity index (χ0v) is 17.9. The molecule has 0 spiro atoms. The van der Waals surface area contributed by atoms with Crippen molar-refractivity contribution in [1.82, 2.24) is 10.3 Å². The molecule has 0 fully saturated rings. The van der Waals surface area contributed by atoms with E-state index in [1.54, 1.807) is 14.2 Å². The minimum absolute atomic E-state index is 0.00225. The predicted octanol–water partition coefficient (Wildman–Crippen LogP) is 2.67. The molecular weight excluding hydrogens is 384 g/mol. The largest absolute Gasteiger partial charge is 0.493 e. The fourth-order valence-corrected chi connectivity index (χ4v) is 4.94. The van der Waals surface area contributed by atoms with Crippen molar-refractivity contribution in [1.29, 1.82) is 0 Å². The standard InChI is InChI=1S/C22H28N4O4/c1-22(2)10-16-20(17(27)11-22)14(24-25-21(23)28)9-15-13-8-19(30-4)18(29-3)7-12(13)5-6-26(15)16/h7-8,15H,5-6,9-11H2,1-4H3,(H3,23,25,28)/b24-14+. The lowest BCUT2D eigenvalue weighted by atomic mass is 9.71. The molecule has 30 heavy (non-hydrogen) atoms. The number of ketones is 1. The third-order valence-corrected chi connectivity index (χ3v) is 6.18. The molecule has 8 heteroatoms. The molecule has 2 aliphatic heterocycles. The molecule has 4 rings (SSSR count). The van der Waals surface area contributed by atoms with Gasteiger partial charge in [0, 0.05) is 25.1 Å². The number of urea groups is 1. The normalized spacial score (nSPS) is 23.5. The fraction of sp³-hybridized carbons (Fsp3) is 0.500. The predicted molar refractivity (Wildman–Crippen MR) is 113 cm³/mol. The summed E-state index contributed by atoms with van der Waals surface area (Å²) in [6.45, 7) is 5.04. The molecule has 2 amide bonds. The number of carbonyl (C=O) groups excluding carboxylic acids is 2.